The number of hydrogen-bond acceptors (Lipinski definition) is 4. The van der Waals surface area contributed by atoms with Crippen molar-refractivity contribution >= 4 is 30.1 Å². The third-order valence-electron chi connectivity index (χ3n) is 4.68. The minimum atomic E-state index is -0.392. The van der Waals surface area contributed by atoms with Gasteiger partial charge in [0.05, 0.1) is 11.1 Å². The molecule has 0 atom stereocenters. The monoisotopic (exact) mass is 400 g/mol. The Morgan fingerprint density at radius 3 is 2.13 bits per heavy atom. The molecule has 3 aromatic carbocycles. The summed E-state index contributed by atoms with van der Waals surface area (Å²) in [5.41, 5.74) is 3.90. The molecule has 0 unspecified atom stereocenters. The molecule has 3 rings (SSSR count). The number of amides is 2. The second kappa shape index (κ2) is 8.96. The lowest BCUT2D eigenvalue weighted by Gasteiger charge is -2.11. The van der Waals surface area contributed by atoms with Crippen LogP contribution in [0.1, 0.15) is 47.0 Å². The highest BCUT2D eigenvalue weighted by Crippen LogP contribution is 2.25. The van der Waals surface area contributed by atoms with Crippen molar-refractivity contribution in [2.45, 2.75) is 6.92 Å². The van der Waals surface area contributed by atoms with Gasteiger partial charge in [-0.3, -0.25) is 19.2 Å². The maximum atomic E-state index is 12.7. The normalized spacial score (nSPS) is 10.2. The van der Waals surface area contributed by atoms with Crippen molar-refractivity contribution in [1.29, 1.82) is 0 Å². The second-order valence-electron chi connectivity index (χ2n) is 6.74. The van der Waals surface area contributed by atoms with E-state index < -0.39 is 5.91 Å². The quantitative estimate of drug-likeness (QED) is 0.614. The van der Waals surface area contributed by atoms with Gasteiger partial charge in [-0.15, -0.1) is 0 Å². The van der Waals surface area contributed by atoms with E-state index in [1.165, 1.54) is 7.05 Å². The highest BCUT2D eigenvalue weighted by Gasteiger charge is 2.15. The molecule has 2 amide bonds. The van der Waals surface area contributed by atoms with Crippen LogP contribution in [0.15, 0.2) is 60.7 Å². The van der Waals surface area contributed by atoms with Crippen molar-refractivity contribution in [3.8, 4) is 11.1 Å². The molecule has 150 valence electrons. The fraction of sp³-hybridized carbons (Fsp3) is 0.0833. The van der Waals surface area contributed by atoms with E-state index in [4.69, 9.17) is 0 Å². The number of nitrogens with one attached hydrogen (secondary N) is 2. The molecule has 0 radical (unpaired) electrons. The van der Waals surface area contributed by atoms with Gasteiger partial charge in [0.1, 0.15) is 0 Å². The summed E-state index contributed by atoms with van der Waals surface area (Å²) in [5, 5.41) is 5.29. The van der Waals surface area contributed by atoms with Gasteiger partial charge in [-0.1, -0.05) is 30.3 Å². The molecule has 0 fully saturated rings. The van der Waals surface area contributed by atoms with Crippen molar-refractivity contribution in [1.82, 2.24) is 5.32 Å². The Hall–Kier alpha value is -4.06. The van der Waals surface area contributed by atoms with E-state index in [1.54, 1.807) is 42.5 Å². The van der Waals surface area contributed by atoms with E-state index in [-0.39, 0.29) is 28.2 Å². The highest BCUT2D eigenvalue weighted by atomic mass is 16.2. The number of aldehydes is 2. The summed E-state index contributed by atoms with van der Waals surface area (Å²) in [6, 6.07) is 17.0. The number of rotatable bonds is 6. The van der Waals surface area contributed by atoms with Crippen LogP contribution in [-0.2, 0) is 0 Å². The summed E-state index contributed by atoms with van der Waals surface area (Å²) in [6.07, 6.45) is 1.23. The van der Waals surface area contributed by atoms with Gasteiger partial charge in [-0.25, -0.2) is 0 Å². The summed E-state index contributed by atoms with van der Waals surface area (Å²) >= 11 is 0. The van der Waals surface area contributed by atoms with Crippen LogP contribution in [0.5, 0.6) is 0 Å². The molecule has 0 saturated carbocycles. The van der Waals surface area contributed by atoms with E-state index in [0.717, 1.165) is 5.56 Å². The first-order valence-electron chi connectivity index (χ1n) is 9.25. The zero-order valence-corrected chi connectivity index (χ0v) is 16.6. The molecule has 6 nitrogen and oxygen atoms in total. The van der Waals surface area contributed by atoms with E-state index >= 15 is 0 Å². The van der Waals surface area contributed by atoms with Gasteiger partial charge >= 0.3 is 0 Å². The summed E-state index contributed by atoms with van der Waals surface area (Å²) in [5.74, 6) is -0.777. The molecule has 0 bridgehead atoms. The van der Waals surface area contributed by atoms with Gasteiger partial charge in [0, 0.05) is 23.9 Å². The van der Waals surface area contributed by atoms with Gasteiger partial charge in [-0.05, 0) is 53.9 Å². The van der Waals surface area contributed by atoms with Crippen molar-refractivity contribution < 1.29 is 19.2 Å². The van der Waals surface area contributed by atoms with Crippen molar-refractivity contribution in [2.75, 3.05) is 12.4 Å². The molecule has 0 heterocycles. The predicted octanol–water partition coefficient (Wildman–Crippen LogP) is 3.90. The maximum absolute atomic E-state index is 12.7. The minimum Gasteiger partial charge on any atom is -0.355 e. The fourth-order valence-electron chi connectivity index (χ4n) is 3.14. The lowest BCUT2D eigenvalue weighted by molar-refractivity contribution is 0.0956. The van der Waals surface area contributed by atoms with Crippen LogP contribution in [0.25, 0.3) is 11.1 Å². The molecule has 3 aromatic rings. The Balaban J connectivity index is 1.96. The van der Waals surface area contributed by atoms with Gasteiger partial charge < -0.3 is 10.6 Å². The molecule has 0 spiro atoms. The van der Waals surface area contributed by atoms with Crippen molar-refractivity contribution in [2.24, 2.45) is 0 Å². The molecule has 0 aliphatic heterocycles. The fourth-order valence-corrected chi connectivity index (χ4v) is 3.14. The van der Waals surface area contributed by atoms with E-state index in [1.807, 2.05) is 25.1 Å². The van der Waals surface area contributed by atoms with Crippen LogP contribution >= 0.6 is 0 Å². The highest BCUT2D eigenvalue weighted by molar-refractivity contribution is 6.09. The number of carbonyl (C=O) groups excluding carboxylic acids is 4. The van der Waals surface area contributed by atoms with Crippen molar-refractivity contribution in [3.63, 3.8) is 0 Å². The molecule has 6 heteroatoms. The minimum absolute atomic E-state index is 0.221. The summed E-state index contributed by atoms with van der Waals surface area (Å²) in [4.78, 5) is 47.6. The summed E-state index contributed by atoms with van der Waals surface area (Å²) in [6.45, 7) is 1.92. The zero-order valence-electron chi connectivity index (χ0n) is 16.6. The first kappa shape index (κ1) is 20.7. The Kier molecular flexibility index (Phi) is 6.17. The van der Waals surface area contributed by atoms with Gasteiger partial charge in [0.2, 0.25) is 0 Å². The predicted molar refractivity (Wildman–Crippen MR) is 115 cm³/mol. The molecule has 2 N–H and O–H groups in total. The topological polar surface area (TPSA) is 92.3 Å². The average molecular weight is 400 g/mol. The van der Waals surface area contributed by atoms with Crippen LogP contribution < -0.4 is 10.6 Å². The van der Waals surface area contributed by atoms with Crippen LogP contribution in [0.2, 0.25) is 0 Å². The number of anilines is 1. The Morgan fingerprint density at radius 1 is 0.767 bits per heavy atom. The van der Waals surface area contributed by atoms with Crippen LogP contribution in [0.3, 0.4) is 0 Å². The summed E-state index contributed by atoms with van der Waals surface area (Å²) in [7, 11) is 1.48. The number of benzene rings is 3. The number of carbonyl (C=O) groups is 4. The van der Waals surface area contributed by atoms with E-state index in [2.05, 4.69) is 10.6 Å². The molecule has 0 saturated heterocycles. The second-order valence-corrected chi connectivity index (χ2v) is 6.74. The molecule has 0 aromatic heterocycles. The van der Waals surface area contributed by atoms with Gasteiger partial charge in [0.15, 0.2) is 12.6 Å². The van der Waals surface area contributed by atoms with Crippen LogP contribution in [-0.4, -0.2) is 31.4 Å². The molecular weight excluding hydrogens is 380 g/mol. The first-order valence-corrected chi connectivity index (χ1v) is 9.25. The third kappa shape index (κ3) is 4.33. The van der Waals surface area contributed by atoms with Gasteiger partial charge in [-0.2, -0.15) is 0 Å². The number of aryl methyl sites for hydroxylation is 1. The largest absolute Gasteiger partial charge is 0.355 e. The Labute approximate surface area is 173 Å². The number of hydrogen-bond donors (Lipinski definition) is 2. The smallest absolute Gasteiger partial charge is 0.256 e. The molecule has 0 aliphatic rings. The van der Waals surface area contributed by atoms with E-state index in [9.17, 15) is 19.2 Å². The van der Waals surface area contributed by atoms with Crippen molar-refractivity contribution in [3.05, 3.63) is 88.5 Å². The Bertz CT molecular complexity index is 1150. The zero-order chi connectivity index (χ0) is 21.7. The Morgan fingerprint density at radius 2 is 1.47 bits per heavy atom. The summed E-state index contributed by atoms with van der Waals surface area (Å²) < 4.78 is 0. The average Bonchev–Trinajstić information content (AvgIpc) is 2.77. The molecule has 0 aliphatic carbocycles. The molecule has 30 heavy (non-hydrogen) atoms. The standard InChI is InChI=1S/C24H20N2O4/c1-15-4-3-5-20(10-15)26-24(30)21-9-8-16(11-19(21)14-28)17-6-7-18(13-27)22(12-17)23(29)25-2/h3-14H,1-2H3,(H,25,29)(H,26,30). The maximum Gasteiger partial charge on any atom is 0.256 e. The lowest BCUT2D eigenvalue weighted by Crippen LogP contribution is -2.19. The van der Waals surface area contributed by atoms with Crippen LogP contribution in [0.4, 0.5) is 5.69 Å². The van der Waals surface area contributed by atoms with E-state index in [0.29, 0.717) is 29.4 Å². The molecular formula is C24H20N2O4. The first-order chi connectivity index (χ1) is 14.5. The lowest BCUT2D eigenvalue weighted by atomic mass is 9.96. The van der Waals surface area contributed by atoms with Gasteiger partial charge in [0.25, 0.3) is 11.8 Å². The SMILES string of the molecule is CNC(=O)c1cc(-c2ccc(C(=O)Nc3cccc(C)c3)c(C=O)c2)ccc1C=O. The third-order valence-corrected chi connectivity index (χ3v) is 4.68. The van der Waals surface area contributed by atoms with Crippen LogP contribution in [0, 0.1) is 6.92 Å².